The predicted molar refractivity (Wildman–Crippen MR) is 124 cm³/mol. The van der Waals surface area contributed by atoms with Gasteiger partial charge in [0, 0.05) is 43.7 Å². The highest BCUT2D eigenvalue weighted by Gasteiger charge is 2.11. The number of carbonyl (C=O) groups is 1. The first-order valence-electron chi connectivity index (χ1n) is 10.2. The molecule has 3 aromatic heterocycles. The number of ether oxygens (including phenoxy) is 1. The van der Waals surface area contributed by atoms with E-state index < -0.39 is 0 Å². The number of hydrogen-bond donors (Lipinski definition) is 2. The Labute approximate surface area is 189 Å². The maximum atomic E-state index is 11.8. The average Bonchev–Trinajstić information content (AvgIpc) is 3.48. The van der Waals surface area contributed by atoms with Crippen LogP contribution in [0.2, 0.25) is 0 Å². The molecule has 0 fully saturated rings. The predicted octanol–water partition coefficient (Wildman–Crippen LogP) is 4.52. The van der Waals surface area contributed by atoms with Crippen molar-refractivity contribution in [2.45, 2.75) is 0 Å². The Morgan fingerprint density at radius 3 is 2.64 bits per heavy atom. The first kappa shape index (κ1) is 20.3. The largest absolute Gasteiger partial charge is 0.457 e. The van der Waals surface area contributed by atoms with E-state index in [2.05, 4.69) is 20.6 Å². The van der Waals surface area contributed by atoms with Gasteiger partial charge in [-0.2, -0.15) is 0 Å². The lowest BCUT2D eigenvalue weighted by Crippen LogP contribution is -2.18. The molecule has 1 amide bonds. The molecule has 0 atom stereocenters. The second kappa shape index (κ2) is 8.46. The van der Waals surface area contributed by atoms with Crippen molar-refractivity contribution in [3.63, 3.8) is 0 Å². The maximum absolute atomic E-state index is 11.8. The quantitative estimate of drug-likeness (QED) is 0.400. The molecule has 3 heterocycles. The molecular formula is C24H20N6O3. The topological polar surface area (TPSA) is 107 Å². The van der Waals surface area contributed by atoms with Gasteiger partial charge in [0.15, 0.2) is 12.2 Å². The van der Waals surface area contributed by atoms with E-state index >= 15 is 0 Å². The zero-order valence-corrected chi connectivity index (χ0v) is 17.9. The summed E-state index contributed by atoms with van der Waals surface area (Å²) < 4.78 is 13.2. The molecule has 9 nitrogen and oxygen atoms in total. The molecule has 5 rings (SSSR count). The summed E-state index contributed by atoms with van der Waals surface area (Å²) in [5.41, 5.74) is 3.85. The Morgan fingerprint density at radius 1 is 1.06 bits per heavy atom. The number of hydrogen-bond acceptors (Lipinski definition) is 7. The highest BCUT2D eigenvalue weighted by Crippen LogP contribution is 2.29. The highest BCUT2D eigenvalue weighted by atomic mass is 16.5. The molecule has 0 saturated carbocycles. The van der Waals surface area contributed by atoms with E-state index in [1.807, 2.05) is 54.1 Å². The molecule has 164 valence electrons. The van der Waals surface area contributed by atoms with Crippen LogP contribution < -0.4 is 15.4 Å². The first-order chi connectivity index (χ1) is 16.1. The molecule has 0 spiro atoms. The van der Waals surface area contributed by atoms with Gasteiger partial charge < -0.3 is 24.4 Å². The molecule has 0 aliphatic carbocycles. The summed E-state index contributed by atoms with van der Waals surface area (Å²) >= 11 is 0. The lowest BCUT2D eigenvalue weighted by molar-refractivity contribution is 0.0958. The third-order valence-corrected chi connectivity index (χ3v) is 5.14. The van der Waals surface area contributed by atoms with Crippen molar-refractivity contribution in [3.8, 4) is 22.8 Å². The van der Waals surface area contributed by atoms with Gasteiger partial charge in [-0.3, -0.25) is 9.78 Å². The van der Waals surface area contributed by atoms with E-state index in [0.29, 0.717) is 23.2 Å². The minimum Gasteiger partial charge on any atom is -0.457 e. The van der Waals surface area contributed by atoms with Crippen molar-refractivity contribution in [2.75, 3.05) is 12.4 Å². The molecular weight excluding hydrogens is 420 g/mol. The van der Waals surface area contributed by atoms with Crippen LogP contribution >= 0.6 is 0 Å². The van der Waals surface area contributed by atoms with Crippen LogP contribution in [0.3, 0.4) is 0 Å². The van der Waals surface area contributed by atoms with Gasteiger partial charge in [0.2, 0.25) is 5.95 Å². The van der Waals surface area contributed by atoms with Crippen LogP contribution in [-0.2, 0) is 7.05 Å². The van der Waals surface area contributed by atoms with E-state index in [9.17, 15) is 4.79 Å². The van der Waals surface area contributed by atoms with E-state index in [1.54, 1.807) is 25.4 Å². The number of pyridine rings is 1. The summed E-state index contributed by atoms with van der Waals surface area (Å²) in [6.07, 6.45) is 4.63. The van der Waals surface area contributed by atoms with Gasteiger partial charge in [-0.15, -0.1) is 0 Å². The minimum atomic E-state index is -0.273. The Bertz CT molecular complexity index is 1420. The summed E-state index contributed by atoms with van der Waals surface area (Å²) in [6, 6.07) is 16.8. The van der Waals surface area contributed by atoms with Gasteiger partial charge in [-0.25, -0.2) is 9.97 Å². The van der Waals surface area contributed by atoms with E-state index in [4.69, 9.17) is 14.1 Å². The lowest BCUT2D eigenvalue weighted by Gasteiger charge is -2.07. The number of oxazole rings is 1. The summed E-state index contributed by atoms with van der Waals surface area (Å²) in [7, 11) is 3.50. The number of anilines is 2. The fourth-order valence-electron chi connectivity index (χ4n) is 3.42. The summed E-state index contributed by atoms with van der Waals surface area (Å²) in [6.45, 7) is 0. The molecule has 0 unspecified atom stereocenters. The van der Waals surface area contributed by atoms with Crippen molar-refractivity contribution in [2.24, 2.45) is 7.05 Å². The fourth-order valence-corrected chi connectivity index (χ4v) is 3.42. The molecule has 0 bridgehead atoms. The minimum absolute atomic E-state index is 0.273. The Morgan fingerprint density at radius 2 is 1.88 bits per heavy atom. The van der Waals surface area contributed by atoms with Crippen molar-refractivity contribution in [3.05, 3.63) is 79.1 Å². The molecule has 9 heteroatoms. The zero-order chi connectivity index (χ0) is 22.8. The van der Waals surface area contributed by atoms with Crippen LogP contribution in [0.25, 0.3) is 22.4 Å². The molecule has 5 aromatic rings. The SMILES string of the molecule is CNC(=O)c1cc(Oc2ccc3c(c2)nc(Nc2ccc(-c4cnco4)cc2)n3C)ccn1. The van der Waals surface area contributed by atoms with Crippen LogP contribution in [0, 0.1) is 0 Å². The standard InChI is InChI=1S/C24H20N6O3/c1-25-23(31)20-12-18(9-10-27-20)33-17-7-8-21-19(11-17)29-24(30(21)2)28-16-5-3-15(4-6-16)22-13-26-14-32-22/h3-14H,1-2H3,(H,25,31)(H,28,29). The third-order valence-electron chi connectivity index (χ3n) is 5.14. The second-order valence-corrected chi connectivity index (χ2v) is 7.27. The molecule has 0 aliphatic heterocycles. The van der Waals surface area contributed by atoms with E-state index in [-0.39, 0.29) is 11.6 Å². The summed E-state index contributed by atoms with van der Waals surface area (Å²) in [5.74, 6) is 2.26. The second-order valence-electron chi connectivity index (χ2n) is 7.27. The van der Waals surface area contributed by atoms with E-state index in [0.717, 1.165) is 22.3 Å². The number of aryl methyl sites for hydroxylation is 1. The van der Waals surface area contributed by atoms with Crippen LogP contribution in [0.4, 0.5) is 11.6 Å². The monoisotopic (exact) mass is 440 g/mol. The Kier molecular flexibility index (Phi) is 5.19. The lowest BCUT2D eigenvalue weighted by atomic mass is 10.2. The number of amides is 1. The number of rotatable bonds is 6. The van der Waals surface area contributed by atoms with Crippen LogP contribution in [0.1, 0.15) is 10.5 Å². The average molecular weight is 440 g/mol. The van der Waals surface area contributed by atoms with Crippen molar-refractivity contribution < 1.29 is 13.9 Å². The number of carbonyl (C=O) groups excluding carboxylic acids is 1. The number of imidazole rings is 1. The number of aromatic nitrogens is 4. The van der Waals surface area contributed by atoms with Gasteiger partial charge in [0.05, 0.1) is 17.2 Å². The van der Waals surface area contributed by atoms with Crippen molar-refractivity contribution in [1.82, 2.24) is 24.8 Å². The molecule has 33 heavy (non-hydrogen) atoms. The Balaban J connectivity index is 1.36. The van der Waals surface area contributed by atoms with Crippen LogP contribution in [0.15, 0.2) is 77.8 Å². The maximum Gasteiger partial charge on any atom is 0.269 e. The van der Waals surface area contributed by atoms with Gasteiger partial charge in [0.1, 0.15) is 17.2 Å². The molecule has 2 aromatic carbocycles. The fraction of sp³-hybridized carbons (Fsp3) is 0.0833. The van der Waals surface area contributed by atoms with Gasteiger partial charge in [-0.1, -0.05) is 0 Å². The van der Waals surface area contributed by atoms with Crippen LogP contribution in [0.5, 0.6) is 11.5 Å². The molecule has 2 N–H and O–H groups in total. The highest BCUT2D eigenvalue weighted by molar-refractivity contribution is 5.92. The molecule has 0 saturated heterocycles. The van der Waals surface area contributed by atoms with E-state index in [1.165, 1.54) is 12.6 Å². The summed E-state index contributed by atoms with van der Waals surface area (Å²) in [4.78, 5) is 24.5. The first-order valence-corrected chi connectivity index (χ1v) is 10.2. The Hall–Kier alpha value is -4.66. The van der Waals surface area contributed by atoms with Crippen LogP contribution in [-0.4, -0.2) is 32.5 Å². The smallest absolute Gasteiger partial charge is 0.269 e. The zero-order valence-electron chi connectivity index (χ0n) is 17.9. The molecule has 0 aliphatic rings. The third kappa shape index (κ3) is 4.11. The van der Waals surface area contributed by atoms with Crippen molar-refractivity contribution >= 4 is 28.6 Å². The number of nitrogens with zero attached hydrogens (tertiary/aromatic N) is 4. The van der Waals surface area contributed by atoms with Gasteiger partial charge in [0.25, 0.3) is 5.91 Å². The summed E-state index contributed by atoms with van der Waals surface area (Å²) in [5, 5.41) is 5.89. The normalized spacial score (nSPS) is 10.8. The van der Waals surface area contributed by atoms with Gasteiger partial charge >= 0.3 is 0 Å². The number of nitrogens with one attached hydrogen (secondary N) is 2. The van der Waals surface area contributed by atoms with Gasteiger partial charge in [-0.05, 0) is 42.5 Å². The number of benzene rings is 2. The van der Waals surface area contributed by atoms with Crippen molar-refractivity contribution in [1.29, 1.82) is 0 Å². The number of fused-ring (bicyclic) bond motifs is 1. The molecule has 0 radical (unpaired) electrons.